The Kier molecular flexibility index (Phi) is 8.44. The van der Waals surface area contributed by atoms with E-state index < -0.39 is 75.4 Å². The van der Waals surface area contributed by atoms with E-state index in [-0.39, 0.29) is 10.7 Å². The fourth-order valence-electron chi connectivity index (χ4n) is 5.86. The summed E-state index contributed by atoms with van der Waals surface area (Å²) in [6.45, 7) is -0.639. The first-order valence-electron chi connectivity index (χ1n) is 14.2. The summed E-state index contributed by atoms with van der Waals surface area (Å²) in [6, 6.07) is 15.1. The largest absolute Gasteiger partial charge is 0.418 e. The van der Waals surface area contributed by atoms with Crippen molar-refractivity contribution in [1.29, 1.82) is 0 Å². The molecule has 2 aliphatic heterocycles. The standard InChI is InChI=1S/C32H24F6N4O4S2/c1-40(2)19-12-10-16(11-13-19)23-24-25(28(45)42(27(24)44)21-9-4-3-8-20(21)32(36,37)38)47-29-26(23)48-30(46)41(29)15-22(43)39-18-7-5-6-17(14-18)31(33,34)35/h3-14,23-25H,15H2,1-2H3,(H,39,43)/t23-,24?,25?/m1/s1. The number of halogens is 6. The van der Waals surface area contributed by atoms with Crippen molar-refractivity contribution in [2.24, 2.45) is 5.92 Å². The van der Waals surface area contributed by atoms with Crippen LogP contribution in [0.15, 0.2) is 82.6 Å². The molecular formula is C32H24F6N4O4S2. The molecule has 6 rings (SSSR count). The number of aromatic nitrogens is 1. The number of fused-ring (bicyclic) bond motifs is 2. The zero-order chi connectivity index (χ0) is 34.7. The van der Waals surface area contributed by atoms with E-state index in [1.54, 1.807) is 24.3 Å². The van der Waals surface area contributed by atoms with E-state index in [0.717, 1.165) is 69.8 Å². The zero-order valence-corrected chi connectivity index (χ0v) is 26.6. The molecule has 0 radical (unpaired) electrons. The van der Waals surface area contributed by atoms with Crippen molar-refractivity contribution >= 4 is 57.9 Å². The lowest BCUT2D eigenvalue weighted by Crippen LogP contribution is -2.33. The Bertz CT molecular complexity index is 1990. The molecule has 1 N–H and O–H groups in total. The molecule has 2 aliphatic rings. The number of benzene rings is 3. The molecule has 0 saturated carbocycles. The minimum Gasteiger partial charge on any atom is -0.378 e. The van der Waals surface area contributed by atoms with E-state index in [1.165, 1.54) is 12.1 Å². The quantitative estimate of drug-likeness (QED) is 0.183. The van der Waals surface area contributed by atoms with Gasteiger partial charge in [-0.3, -0.25) is 23.7 Å². The summed E-state index contributed by atoms with van der Waals surface area (Å²) in [6.07, 6.45) is -9.53. The van der Waals surface area contributed by atoms with Crippen molar-refractivity contribution in [2.75, 3.05) is 29.2 Å². The Hall–Kier alpha value is -4.57. The number of rotatable bonds is 6. The van der Waals surface area contributed by atoms with E-state index >= 15 is 0 Å². The summed E-state index contributed by atoms with van der Waals surface area (Å²) >= 11 is 1.53. The molecule has 250 valence electrons. The molecule has 0 spiro atoms. The van der Waals surface area contributed by atoms with E-state index in [4.69, 9.17) is 0 Å². The number of para-hydroxylation sites is 1. The van der Waals surface area contributed by atoms with Crippen LogP contribution in [0.5, 0.6) is 0 Å². The highest BCUT2D eigenvalue weighted by Crippen LogP contribution is 2.54. The lowest BCUT2D eigenvalue weighted by Gasteiger charge is -2.31. The van der Waals surface area contributed by atoms with E-state index in [0.29, 0.717) is 15.3 Å². The lowest BCUT2D eigenvalue weighted by atomic mass is 9.83. The van der Waals surface area contributed by atoms with Gasteiger partial charge in [0.2, 0.25) is 17.7 Å². The number of thiazole rings is 1. The van der Waals surface area contributed by atoms with Gasteiger partial charge < -0.3 is 10.2 Å². The van der Waals surface area contributed by atoms with Gasteiger partial charge in [-0.1, -0.05) is 53.4 Å². The van der Waals surface area contributed by atoms with Crippen LogP contribution in [0.1, 0.15) is 27.5 Å². The van der Waals surface area contributed by atoms with E-state index in [1.807, 2.05) is 19.0 Å². The van der Waals surface area contributed by atoms with Crippen LogP contribution in [-0.4, -0.2) is 41.6 Å². The number of anilines is 3. The highest BCUT2D eigenvalue weighted by Gasteiger charge is 2.57. The van der Waals surface area contributed by atoms with Crippen molar-refractivity contribution in [3.8, 4) is 0 Å². The number of hydrogen-bond donors (Lipinski definition) is 1. The summed E-state index contributed by atoms with van der Waals surface area (Å²) in [5.74, 6) is -4.73. The summed E-state index contributed by atoms with van der Waals surface area (Å²) in [7, 11) is 3.62. The predicted molar refractivity (Wildman–Crippen MR) is 168 cm³/mol. The van der Waals surface area contributed by atoms with Crippen molar-refractivity contribution < 1.29 is 40.7 Å². The van der Waals surface area contributed by atoms with Crippen molar-refractivity contribution in [1.82, 2.24) is 4.57 Å². The Morgan fingerprint density at radius 1 is 0.875 bits per heavy atom. The van der Waals surface area contributed by atoms with Gasteiger partial charge in [-0.05, 0) is 48.0 Å². The molecule has 3 aromatic carbocycles. The highest BCUT2D eigenvalue weighted by molar-refractivity contribution is 8.00. The number of nitrogens with one attached hydrogen (secondary N) is 1. The maximum absolute atomic E-state index is 14.1. The van der Waals surface area contributed by atoms with Crippen molar-refractivity contribution in [2.45, 2.75) is 35.1 Å². The number of thioether (sulfide) groups is 1. The Balaban J connectivity index is 1.41. The number of carbonyl (C=O) groups excluding carboxylic acids is 3. The van der Waals surface area contributed by atoms with E-state index in [9.17, 15) is 45.5 Å². The molecular weight excluding hydrogens is 682 g/mol. The lowest BCUT2D eigenvalue weighted by molar-refractivity contribution is -0.138. The summed E-state index contributed by atoms with van der Waals surface area (Å²) < 4.78 is 82.7. The number of carbonyl (C=O) groups is 3. The average Bonchev–Trinajstić information content (AvgIpc) is 3.46. The van der Waals surface area contributed by atoms with Crippen molar-refractivity contribution in [3.63, 3.8) is 0 Å². The third-order valence-corrected chi connectivity index (χ3v) is 10.6. The van der Waals surface area contributed by atoms with E-state index in [2.05, 4.69) is 5.32 Å². The van der Waals surface area contributed by atoms with Crippen LogP contribution in [0.3, 0.4) is 0 Å². The van der Waals surface area contributed by atoms with Crippen LogP contribution in [-0.2, 0) is 33.3 Å². The topological polar surface area (TPSA) is 91.7 Å². The molecule has 4 aromatic rings. The SMILES string of the molecule is CN(C)c1ccc([C@H]2c3sc(=O)n(CC(=O)Nc4cccc(C(F)(F)F)c4)c3SC3C(=O)N(c4ccccc4C(F)(F)F)C(=O)C32)cc1. The molecule has 1 aromatic heterocycles. The monoisotopic (exact) mass is 706 g/mol. The van der Waals surface area contributed by atoms with Crippen molar-refractivity contribution in [3.05, 3.63) is 104 Å². The van der Waals surface area contributed by atoms with Gasteiger partial charge in [0, 0.05) is 36.3 Å². The van der Waals surface area contributed by atoms with Gasteiger partial charge in [0.15, 0.2) is 0 Å². The molecule has 3 amide bonds. The molecule has 0 aliphatic carbocycles. The smallest absolute Gasteiger partial charge is 0.378 e. The van der Waals surface area contributed by atoms with Crippen LogP contribution in [0.25, 0.3) is 0 Å². The van der Waals surface area contributed by atoms with Crippen LogP contribution in [0.4, 0.5) is 43.4 Å². The molecule has 3 atom stereocenters. The normalized spacial score (nSPS) is 19.2. The van der Waals surface area contributed by atoms with Gasteiger partial charge in [0.25, 0.3) is 0 Å². The highest BCUT2D eigenvalue weighted by atomic mass is 32.2. The fraction of sp³-hybridized carbons (Fsp3) is 0.250. The number of amides is 3. The maximum Gasteiger partial charge on any atom is 0.418 e. The first-order valence-corrected chi connectivity index (χ1v) is 15.9. The molecule has 16 heteroatoms. The molecule has 3 heterocycles. The summed E-state index contributed by atoms with van der Waals surface area (Å²) in [5.41, 5.74) is -1.61. The number of imide groups is 1. The average molecular weight is 707 g/mol. The van der Waals surface area contributed by atoms with Crippen LogP contribution in [0, 0.1) is 5.92 Å². The second-order valence-corrected chi connectivity index (χ2v) is 13.4. The van der Waals surface area contributed by atoms with Gasteiger partial charge in [-0.25, -0.2) is 4.90 Å². The predicted octanol–water partition coefficient (Wildman–Crippen LogP) is 6.45. The molecule has 8 nitrogen and oxygen atoms in total. The molecule has 0 bridgehead atoms. The van der Waals surface area contributed by atoms with Crippen LogP contribution >= 0.6 is 23.1 Å². The zero-order valence-electron chi connectivity index (χ0n) is 24.9. The Morgan fingerprint density at radius 2 is 1.56 bits per heavy atom. The van der Waals surface area contributed by atoms with Gasteiger partial charge in [-0.2, -0.15) is 26.3 Å². The molecule has 1 fully saturated rings. The van der Waals surface area contributed by atoms with Gasteiger partial charge in [-0.15, -0.1) is 0 Å². The first kappa shape index (κ1) is 33.3. The third-order valence-electron chi connectivity index (χ3n) is 8.04. The number of alkyl halides is 6. The summed E-state index contributed by atoms with van der Waals surface area (Å²) in [5, 5.41) is 1.27. The minimum absolute atomic E-state index is 0.158. The van der Waals surface area contributed by atoms with Gasteiger partial charge in [0.1, 0.15) is 11.8 Å². The fourth-order valence-corrected chi connectivity index (χ4v) is 8.63. The van der Waals surface area contributed by atoms with Crippen LogP contribution < -0.4 is 20.0 Å². The maximum atomic E-state index is 14.1. The third kappa shape index (κ3) is 5.98. The second-order valence-electron chi connectivity index (χ2n) is 11.3. The number of hydrogen-bond acceptors (Lipinski definition) is 7. The first-order chi connectivity index (χ1) is 22.6. The minimum atomic E-state index is -4.87. The van der Waals surface area contributed by atoms with Crippen LogP contribution in [0.2, 0.25) is 0 Å². The second kappa shape index (κ2) is 12.1. The molecule has 48 heavy (non-hydrogen) atoms. The van der Waals surface area contributed by atoms with Gasteiger partial charge >= 0.3 is 17.2 Å². The molecule has 2 unspecified atom stereocenters. The summed E-state index contributed by atoms with van der Waals surface area (Å²) in [4.78, 5) is 56.5. The van der Waals surface area contributed by atoms with Gasteiger partial charge in [0.05, 0.1) is 27.8 Å². The number of nitrogens with zero attached hydrogens (tertiary/aromatic N) is 3. The Labute approximate surface area is 277 Å². The molecule has 1 saturated heterocycles. The Morgan fingerprint density at radius 3 is 2.21 bits per heavy atom.